The maximum absolute atomic E-state index is 11.6. The van der Waals surface area contributed by atoms with Gasteiger partial charge in [0.1, 0.15) is 0 Å². The van der Waals surface area contributed by atoms with Crippen LogP contribution in [-0.4, -0.2) is 33.0 Å². The van der Waals surface area contributed by atoms with Gasteiger partial charge in [-0.15, -0.1) is 0 Å². The molecule has 0 radical (unpaired) electrons. The van der Waals surface area contributed by atoms with Crippen LogP contribution in [0.3, 0.4) is 0 Å². The predicted molar refractivity (Wildman–Crippen MR) is 59.2 cm³/mol. The van der Waals surface area contributed by atoms with Crippen molar-refractivity contribution < 1.29 is 8.42 Å². The van der Waals surface area contributed by atoms with Crippen LogP contribution in [0.5, 0.6) is 0 Å². The lowest BCUT2D eigenvalue weighted by Crippen LogP contribution is -2.45. The Morgan fingerprint density at radius 2 is 1.93 bits per heavy atom. The van der Waals surface area contributed by atoms with E-state index < -0.39 is 9.84 Å². The first kappa shape index (κ1) is 12.0. The van der Waals surface area contributed by atoms with Crippen LogP contribution in [-0.2, 0) is 9.84 Å². The summed E-state index contributed by atoms with van der Waals surface area (Å²) >= 11 is 0. The van der Waals surface area contributed by atoms with Crippen LogP contribution in [0.25, 0.3) is 0 Å². The standard InChI is InChI=1S/C10H21NO2S/c1-2-3-4-5-6-14(12,13)9-10-7-11-8-10/h10-11H,2-9H2,1H3. The third-order valence-electron chi connectivity index (χ3n) is 2.66. The second-order valence-electron chi connectivity index (χ2n) is 4.20. The summed E-state index contributed by atoms with van der Waals surface area (Å²) in [7, 11) is -2.76. The molecule has 1 heterocycles. The summed E-state index contributed by atoms with van der Waals surface area (Å²) in [5.41, 5.74) is 0. The van der Waals surface area contributed by atoms with E-state index in [2.05, 4.69) is 12.2 Å². The molecule has 1 fully saturated rings. The van der Waals surface area contributed by atoms with Crippen LogP contribution in [0.1, 0.15) is 32.6 Å². The van der Waals surface area contributed by atoms with Gasteiger partial charge < -0.3 is 5.32 Å². The van der Waals surface area contributed by atoms with Gasteiger partial charge in [-0.05, 0) is 12.3 Å². The van der Waals surface area contributed by atoms with Gasteiger partial charge in [-0.3, -0.25) is 0 Å². The fourth-order valence-electron chi connectivity index (χ4n) is 1.66. The highest BCUT2D eigenvalue weighted by Gasteiger charge is 2.23. The highest BCUT2D eigenvalue weighted by Crippen LogP contribution is 2.10. The van der Waals surface area contributed by atoms with Crippen LogP contribution in [0.2, 0.25) is 0 Å². The van der Waals surface area contributed by atoms with Gasteiger partial charge in [0, 0.05) is 13.1 Å². The van der Waals surface area contributed by atoms with Gasteiger partial charge in [0.2, 0.25) is 0 Å². The summed E-state index contributed by atoms with van der Waals surface area (Å²) in [4.78, 5) is 0. The summed E-state index contributed by atoms with van der Waals surface area (Å²) in [6.07, 6.45) is 4.21. The Morgan fingerprint density at radius 3 is 2.43 bits per heavy atom. The zero-order valence-electron chi connectivity index (χ0n) is 8.96. The second-order valence-corrected chi connectivity index (χ2v) is 6.43. The molecule has 0 saturated carbocycles. The third kappa shape index (κ3) is 4.42. The Morgan fingerprint density at radius 1 is 1.21 bits per heavy atom. The lowest BCUT2D eigenvalue weighted by Gasteiger charge is -2.26. The Hall–Kier alpha value is -0.0900. The lowest BCUT2D eigenvalue weighted by molar-refractivity contribution is 0.378. The molecular formula is C10H21NO2S. The summed E-state index contributed by atoms with van der Waals surface area (Å²) in [5.74, 6) is 1.17. The molecule has 0 bridgehead atoms. The molecule has 1 aliphatic heterocycles. The Labute approximate surface area is 87.2 Å². The first-order valence-corrected chi connectivity index (χ1v) is 7.37. The van der Waals surface area contributed by atoms with E-state index in [4.69, 9.17) is 0 Å². The quantitative estimate of drug-likeness (QED) is 0.654. The Balaban J connectivity index is 2.13. The summed E-state index contributed by atoms with van der Waals surface area (Å²) < 4.78 is 23.1. The minimum Gasteiger partial charge on any atom is -0.316 e. The number of rotatable bonds is 7. The Kier molecular flexibility index (Phi) is 4.89. The maximum atomic E-state index is 11.6. The smallest absolute Gasteiger partial charge is 0.150 e. The van der Waals surface area contributed by atoms with Gasteiger partial charge in [0.15, 0.2) is 9.84 Å². The van der Waals surface area contributed by atoms with Crippen LogP contribution in [0.15, 0.2) is 0 Å². The molecule has 1 aliphatic rings. The van der Waals surface area contributed by atoms with Crippen LogP contribution >= 0.6 is 0 Å². The third-order valence-corrected chi connectivity index (χ3v) is 4.55. The highest BCUT2D eigenvalue weighted by atomic mass is 32.2. The van der Waals surface area contributed by atoms with E-state index in [-0.39, 0.29) is 0 Å². The number of unbranched alkanes of at least 4 members (excludes halogenated alkanes) is 3. The highest BCUT2D eigenvalue weighted by molar-refractivity contribution is 7.91. The first-order valence-electron chi connectivity index (χ1n) is 5.55. The monoisotopic (exact) mass is 219 g/mol. The minimum atomic E-state index is -2.76. The summed E-state index contributed by atoms with van der Waals surface area (Å²) in [6, 6.07) is 0. The summed E-state index contributed by atoms with van der Waals surface area (Å²) in [5, 5.41) is 3.10. The van der Waals surface area contributed by atoms with E-state index >= 15 is 0 Å². The molecule has 0 aromatic carbocycles. The fraction of sp³-hybridized carbons (Fsp3) is 1.00. The van der Waals surface area contributed by atoms with Gasteiger partial charge >= 0.3 is 0 Å². The van der Waals surface area contributed by atoms with Crippen molar-refractivity contribution in [3.63, 3.8) is 0 Å². The van der Waals surface area contributed by atoms with E-state index in [0.717, 1.165) is 38.8 Å². The molecule has 0 atom stereocenters. The van der Waals surface area contributed by atoms with Crippen molar-refractivity contribution in [3.8, 4) is 0 Å². The molecule has 3 nitrogen and oxygen atoms in total. The maximum Gasteiger partial charge on any atom is 0.150 e. The zero-order chi connectivity index (χ0) is 10.4. The van der Waals surface area contributed by atoms with E-state index in [9.17, 15) is 8.42 Å². The van der Waals surface area contributed by atoms with Crippen molar-refractivity contribution in [1.29, 1.82) is 0 Å². The molecule has 14 heavy (non-hydrogen) atoms. The molecule has 0 aromatic rings. The molecule has 1 rings (SSSR count). The molecule has 84 valence electrons. The normalized spacial score (nSPS) is 18.1. The molecule has 0 amide bonds. The van der Waals surface area contributed by atoms with Crippen molar-refractivity contribution in [2.45, 2.75) is 32.6 Å². The SMILES string of the molecule is CCCCCCS(=O)(=O)CC1CNC1. The fourth-order valence-corrected chi connectivity index (χ4v) is 3.42. The molecule has 4 heteroatoms. The largest absolute Gasteiger partial charge is 0.316 e. The van der Waals surface area contributed by atoms with E-state index in [1.165, 1.54) is 0 Å². The van der Waals surface area contributed by atoms with E-state index in [1.807, 2.05) is 0 Å². The van der Waals surface area contributed by atoms with Crippen molar-refractivity contribution in [2.24, 2.45) is 5.92 Å². The molecule has 1 saturated heterocycles. The van der Waals surface area contributed by atoms with Gasteiger partial charge in [0.25, 0.3) is 0 Å². The Bertz CT molecular complexity index is 245. The lowest BCUT2D eigenvalue weighted by atomic mass is 10.1. The average Bonchev–Trinajstić information content (AvgIpc) is 2.06. The zero-order valence-corrected chi connectivity index (χ0v) is 9.78. The second kappa shape index (κ2) is 5.71. The number of hydrogen-bond donors (Lipinski definition) is 1. The number of sulfone groups is 1. The van der Waals surface area contributed by atoms with Crippen LogP contribution in [0.4, 0.5) is 0 Å². The topological polar surface area (TPSA) is 46.2 Å². The molecule has 0 spiro atoms. The molecule has 0 aliphatic carbocycles. The van der Waals surface area contributed by atoms with Crippen molar-refractivity contribution in [3.05, 3.63) is 0 Å². The summed E-state index contributed by atoms with van der Waals surface area (Å²) in [6.45, 7) is 3.90. The molecule has 0 aromatic heterocycles. The van der Waals surface area contributed by atoms with E-state index in [1.54, 1.807) is 0 Å². The minimum absolute atomic E-state index is 0.381. The van der Waals surface area contributed by atoms with Crippen LogP contribution in [0, 0.1) is 5.92 Å². The van der Waals surface area contributed by atoms with Gasteiger partial charge in [-0.1, -0.05) is 26.2 Å². The number of nitrogens with one attached hydrogen (secondary N) is 1. The van der Waals surface area contributed by atoms with Gasteiger partial charge in [-0.25, -0.2) is 8.42 Å². The van der Waals surface area contributed by atoms with Crippen molar-refractivity contribution in [1.82, 2.24) is 5.32 Å². The molecule has 0 unspecified atom stereocenters. The first-order chi connectivity index (χ1) is 6.64. The average molecular weight is 219 g/mol. The van der Waals surface area contributed by atoms with Gasteiger partial charge in [-0.2, -0.15) is 0 Å². The van der Waals surface area contributed by atoms with E-state index in [0.29, 0.717) is 17.4 Å². The number of hydrogen-bond acceptors (Lipinski definition) is 3. The van der Waals surface area contributed by atoms with Crippen molar-refractivity contribution in [2.75, 3.05) is 24.6 Å². The predicted octanol–water partition coefficient (Wildman–Crippen LogP) is 1.20. The molecule has 1 N–H and O–H groups in total. The van der Waals surface area contributed by atoms with Crippen molar-refractivity contribution >= 4 is 9.84 Å². The molecular weight excluding hydrogens is 198 g/mol. The van der Waals surface area contributed by atoms with Crippen LogP contribution < -0.4 is 5.32 Å². The van der Waals surface area contributed by atoms with Gasteiger partial charge in [0.05, 0.1) is 11.5 Å².